The molecule has 0 saturated heterocycles. The van der Waals surface area contributed by atoms with Crippen molar-refractivity contribution >= 4 is 18.0 Å². The number of aryl methyl sites for hydroxylation is 1. The maximum atomic E-state index is 12.7. The summed E-state index contributed by atoms with van der Waals surface area (Å²) < 4.78 is 7.19. The molecule has 2 unspecified atom stereocenters. The molecule has 34 heavy (non-hydrogen) atoms. The maximum absolute atomic E-state index is 12.7. The molecular formula is C25H26N4O5. The third kappa shape index (κ3) is 4.93. The predicted molar refractivity (Wildman–Crippen MR) is 124 cm³/mol. The number of carbonyl (C=O) groups is 3. The molecule has 0 aliphatic heterocycles. The number of imidazole rings is 1. The van der Waals surface area contributed by atoms with E-state index in [-0.39, 0.29) is 12.5 Å². The quantitative estimate of drug-likeness (QED) is 0.473. The van der Waals surface area contributed by atoms with Crippen LogP contribution in [0, 0.1) is 0 Å². The highest BCUT2D eigenvalue weighted by atomic mass is 16.5. The topological polar surface area (TPSA) is 123 Å². The van der Waals surface area contributed by atoms with Crippen LogP contribution in [0.4, 0.5) is 4.79 Å². The van der Waals surface area contributed by atoms with Gasteiger partial charge in [0.2, 0.25) is 5.91 Å². The van der Waals surface area contributed by atoms with Crippen molar-refractivity contribution in [2.45, 2.75) is 31.3 Å². The number of aromatic nitrogens is 2. The van der Waals surface area contributed by atoms with E-state index < -0.39 is 36.5 Å². The molecule has 1 aliphatic rings. The molecular weight excluding hydrogens is 436 g/mol. The summed E-state index contributed by atoms with van der Waals surface area (Å²) in [5.41, 5.74) is 4.92. The maximum Gasteiger partial charge on any atom is 0.407 e. The lowest BCUT2D eigenvalue weighted by atomic mass is 9.98. The van der Waals surface area contributed by atoms with Gasteiger partial charge in [-0.15, -0.1) is 0 Å². The summed E-state index contributed by atoms with van der Waals surface area (Å²) in [6.07, 6.45) is 1.91. The molecule has 3 aromatic rings. The van der Waals surface area contributed by atoms with Crippen molar-refractivity contribution in [3.8, 4) is 11.1 Å². The molecule has 1 aromatic heterocycles. The Bertz CT molecular complexity index is 1180. The van der Waals surface area contributed by atoms with Crippen molar-refractivity contribution in [2.75, 3.05) is 6.61 Å². The highest BCUT2D eigenvalue weighted by Crippen LogP contribution is 2.44. The first-order valence-electron chi connectivity index (χ1n) is 10.9. The zero-order valence-corrected chi connectivity index (χ0v) is 18.9. The summed E-state index contributed by atoms with van der Waals surface area (Å²) >= 11 is 0. The van der Waals surface area contributed by atoms with Crippen molar-refractivity contribution in [3.05, 3.63) is 77.9 Å². The molecule has 1 aliphatic carbocycles. The lowest BCUT2D eigenvalue weighted by Gasteiger charge is -2.20. The SMILES string of the molecule is CC(NC(=O)C(CC(=O)O)NC(=O)OCC1c2ccccc2-c2ccccc21)c1cn(C)cn1. The summed E-state index contributed by atoms with van der Waals surface area (Å²) in [4.78, 5) is 40.8. The fraction of sp³-hybridized carbons (Fsp3) is 0.280. The predicted octanol–water partition coefficient (Wildman–Crippen LogP) is 2.98. The lowest BCUT2D eigenvalue weighted by molar-refractivity contribution is -0.140. The summed E-state index contributed by atoms with van der Waals surface area (Å²) in [7, 11) is 1.80. The van der Waals surface area contributed by atoms with Crippen LogP contribution < -0.4 is 10.6 Å². The molecule has 4 rings (SSSR count). The number of rotatable bonds is 8. The van der Waals surface area contributed by atoms with Crippen molar-refractivity contribution in [2.24, 2.45) is 7.05 Å². The summed E-state index contributed by atoms with van der Waals surface area (Å²) in [5.74, 6) is -1.99. The second-order valence-electron chi connectivity index (χ2n) is 8.31. The van der Waals surface area contributed by atoms with E-state index in [2.05, 4.69) is 15.6 Å². The van der Waals surface area contributed by atoms with Gasteiger partial charge in [0.1, 0.15) is 12.6 Å². The first kappa shape index (κ1) is 23.0. The number of carboxylic acids is 1. The molecule has 0 spiro atoms. The van der Waals surface area contributed by atoms with E-state index >= 15 is 0 Å². The fourth-order valence-corrected chi connectivity index (χ4v) is 4.21. The van der Waals surface area contributed by atoms with Gasteiger partial charge in [0, 0.05) is 19.2 Å². The van der Waals surface area contributed by atoms with Crippen LogP contribution >= 0.6 is 0 Å². The van der Waals surface area contributed by atoms with E-state index in [1.165, 1.54) is 0 Å². The van der Waals surface area contributed by atoms with Gasteiger partial charge in [-0.05, 0) is 29.2 Å². The highest BCUT2D eigenvalue weighted by molar-refractivity contribution is 5.89. The van der Waals surface area contributed by atoms with Gasteiger partial charge in [-0.2, -0.15) is 0 Å². The van der Waals surface area contributed by atoms with Crippen LogP contribution in [0.5, 0.6) is 0 Å². The molecule has 0 fully saturated rings. The van der Waals surface area contributed by atoms with Gasteiger partial charge in [0.15, 0.2) is 0 Å². The van der Waals surface area contributed by atoms with Gasteiger partial charge >= 0.3 is 12.1 Å². The van der Waals surface area contributed by atoms with Gasteiger partial charge in [0.05, 0.1) is 24.5 Å². The van der Waals surface area contributed by atoms with Crippen LogP contribution in [0.25, 0.3) is 11.1 Å². The average molecular weight is 463 g/mol. The first-order valence-corrected chi connectivity index (χ1v) is 10.9. The van der Waals surface area contributed by atoms with Crippen LogP contribution in [-0.4, -0.2) is 45.3 Å². The van der Waals surface area contributed by atoms with Crippen molar-refractivity contribution in [3.63, 3.8) is 0 Å². The van der Waals surface area contributed by atoms with Crippen LogP contribution in [0.15, 0.2) is 61.1 Å². The zero-order chi connectivity index (χ0) is 24.2. The number of nitrogens with zero attached hydrogens (tertiary/aromatic N) is 2. The monoisotopic (exact) mass is 462 g/mol. The standard InChI is InChI=1S/C25H26N4O5/c1-15(22-12-29(2)14-26-22)27-24(32)21(11-23(30)31)28-25(33)34-13-20-18-9-5-3-7-16(18)17-8-4-6-10-19(17)20/h3-10,12,14-15,20-21H,11,13H2,1-2H3,(H,27,32)(H,28,33)(H,30,31). The number of carboxylic acid groups (broad SMARTS) is 1. The Labute approximate surface area is 196 Å². The van der Waals surface area contributed by atoms with Crippen molar-refractivity contribution in [1.29, 1.82) is 0 Å². The van der Waals surface area contributed by atoms with Gasteiger partial charge in [-0.25, -0.2) is 9.78 Å². The molecule has 0 radical (unpaired) electrons. The number of carbonyl (C=O) groups excluding carboxylic acids is 2. The Balaban J connectivity index is 1.40. The number of hydrogen-bond donors (Lipinski definition) is 3. The van der Waals surface area contributed by atoms with E-state index in [1.54, 1.807) is 31.1 Å². The Morgan fingerprint density at radius 2 is 1.68 bits per heavy atom. The van der Waals surface area contributed by atoms with Crippen LogP contribution in [0.2, 0.25) is 0 Å². The van der Waals surface area contributed by atoms with Crippen molar-refractivity contribution < 1.29 is 24.2 Å². The fourth-order valence-electron chi connectivity index (χ4n) is 4.21. The number of amides is 2. The van der Waals surface area contributed by atoms with Gasteiger partial charge in [-0.3, -0.25) is 9.59 Å². The number of hydrogen-bond acceptors (Lipinski definition) is 5. The Morgan fingerprint density at radius 1 is 1.06 bits per heavy atom. The van der Waals surface area contributed by atoms with E-state index in [9.17, 15) is 19.5 Å². The average Bonchev–Trinajstić information content (AvgIpc) is 3.38. The van der Waals surface area contributed by atoms with Gasteiger partial charge < -0.3 is 25.0 Å². The number of ether oxygens (including phenoxy) is 1. The van der Waals surface area contributed by atoms with Gasteiger partial charge in [-0.1, -0.05) is 48.5 Å². The second-order valence-corrected chi connectivity index (χ2v) is 8.31. The Hall–Kier alpha value is -4.14. The Morgan fingerprint density at radius 3 is 2.24 bits per heavy atom. The Kier molecular flexibility index (Phi) is 6.62. The van der Waals surface area contributed by atoms with E-state index in [0.29, 0.717) is 5.69 Å². The molecule has 1 heterocycles. The molecule has 3 N–H and O–H groups in total. The summed E-state index contributed by atoms with van der Waals surface area (Å²) in [6, 6.07) is 14.1. The molecule has 0 saturated carbocycles. The number of benzene rings is 2. The molecule has 2 aromatic carbocycles. The minimum Gasteiger partial charge on any atom is -0.481 e. The molecule has 176 valence electrons. The van der Waals surface area contributed by atoms with Gasteiger partial charge in [0.25, 0.3) is 0 Å². The normalized spacial score (nSPS) is 13.9. The highest BCUT2D eigenvalue weighted by Gasteiger charge is 2.30. The minimum atomic E-state index is -1.29. The van der Waals surface area contributed by atoms with Crippen LogP contribution in [0.3, 0.4) is 0 Å². The summed E-state index contributed by atoms with van der Waals surface area (Å²) in [5, 5.41) is 14.3. The number of aliphatic carboxylic acids is 1. The van der Waals surface area contributed by atoms with Crippen molar-refractivity contribution in [1.82, 2.24) is 20.2 Å². The van der Waals surface area contributed by atoms with E-state index in [0.717, 1.165) is 22.3 Å². The second kappa shape index (κ2) is 9.78. The molecule has 9 nitrogen and oxygen atoms in total. The first-order chi connectivity index (χ1) is 16.3. The van der Waals surface area contributed by atoms with Crippen LogP contribution in [-0.2, 0) is 21.4 Å². The van der Waals surface area contributed by atoms with E-state index in [1.807, 2.05) is 48.5 Å². The largest absolute Gasteiger partial charge is 0.481 e. The third-order valence-electron chi connectivity index (χ3n) is 5.86. The third-order valence-corrected chi connectivity index (χ3v) is 5.86. The number of fused-ring (bicyclic) bond motifs is 3. The number of nitrogens with one attached hydrogen (secondary N) is 2. The molecule has 0 bridgehead atoms. The molecule has 9 heteroatoms. The lowest BCUT2D eigenvalue weighted by Crippen LogP contribution is -2.48. The van der Waals surface area contributed by atoms with Crippen LogP contribution in [0.1, 0.15) is 42.1 Å². The van der Waals surface area contributed by atoms with E-state index in [4.69, 9.17) is 4.74 Å². The zero-order valence-electron chi connectivity index (χ0n) is 18.9. The number of alkyl carbamates (subject to hydrolysis) is 1. The smallest absolute Gasteiger partial charge is 0.407 e. The molecule has 2 amide bonds. The molecule has 2 atom stereocenters. The minimum absolute atomic E-state index is 0.0611. The summed E-state index contributed by atoms with van der Waals surface area (Å²) in [6.45, 7) is 1.79.